The van der Waals surface area contributed by atoms with Crippen LogP contribution in [0.15, 0.2) is 53.7 Å². The summed E-state index contributed by atoms with van der Waals surface area (Å²) >= 11 is 0. The summed E-state index contributed by atoms with van der Waals surface area (Å²) in [6.07, 6.45) is 0.457. The lowest BCUT2D eigenvalue weighted by molar-refractivity contribution is -0.385. The molecule has 3 atom stereocenters. The zero-order valence-electron chi connectivity index (χ0n) is 14.5. The number of benzene rings is 2. The number of nitro benzene ring substituents is 2. The summed E-state index contributed by atoms with van der Waals surface area (Å²) in [7, 11) is 0. The molecule has 140 valence electrons. The lowest BCUT2D eigenvalue weighted by atomic mass is 9.81. The SMILES string of the molecule is C[C@@H]1/C(=N/O)C[C@H](c2ccc([N+](=O)[O-])cc2)N[C@@H]1c1ccc([N+](=O)[O-])cc1. The van der Waals surface area contributed by atoms with Gasteiger partial charge in [-0.05, 0) is 11.1 Å². The van der Waals surface area contributed by atoms with Gasteiger partial charge in [0.1, 0.15) is 0 Å². The van der Waals surface area contributed by atoms with Gasteiger partial charge in [-0.15, -0.1) is 0 Å². The van der Waals surface area contributed by atoms with Crippen molar-refractivity contribution in [1.82, 2.24) is 5.32 Å². The third-order valence-electron chi connectivity index (χ3n) is 4.92. The monoisotopic (exact) mass is 370 g/mol. The minimum atomic E-state index is -0.458. The van der Waals surface area contributed by atoms with Gasteiger partial charge in [0.2, 0.25) is 0 Å². The first-order valence-electron chi connectivity index (χ1n) is 8.36. The van der Waals surface area contributed by atoms with Gasteiger partial charge in [-0.3, -0.25) is 20.2 Å². The summed E-state index contributed by atoms with van der Waals surface area (Å²) < 4.78 is 0. The molecule has 2 aromatic carbocycles. The summed E-state index contributed by atoms with van der Waals surface area (Å²) in [6.45, 7) is 1.92. The van der Waals surface area contributed by atoms with Gasteiger partial charge in [0.25, 0.3) is 11.4 Å². The van der Waals surface area contributed by atoms with Crippen molar-refractivity contribution >= 4 is 17.1 Å². The molecule has 27 heavy (non-hydrogen) atoms. The molecule has 1 fully saturated rings. The van der Waals surface area contributed by atoms with Crippen molar-refractivity contribution in [3.05, 3.63) is 79.9 Å². The quantitative estimate of drug-likeness (QED) is 0.479. The van der Waals surface area contributed by atoms with E-state index in [4.69, 9.17) is 0 Å². The second-order valence-electron chi connectivity index (χ2n) is 6.48. The molecule has 1 aliphatic heterocycles. The minimum absolute atomic E-state index is 0.00480. The Bertz CT molecular complexity index is 880. The maximum atomic E-state index is 10.9. The second-order valence-corrected chi connectivity index (χ2v) is 6.48. The fraction of sp³-hybridized carbons (Fsp3) is 0.278. The molecule has 0 amide bonds. The molecule has 0 unspecified atom stereocenters. The Labute approximate surface area is 154 Å². The van der Waals surface area contributed by atoms with E-state index in [2.05, 4.69) is 10.5 Å². The first kappa shape index (κ1) is 18.5. The van der Waals surface area contributed by atoms with E-state index in [1.54, 1.807) is 24.3 Å². The van der Waals surface area contributed by atoms with Crippen molar-refractivity contribution in [3.8, 4) is 0 Å². The van der Waals surface area contributed by atoms with Gasteiger partial charge in [0, 0.05) is 48.7 Å². The molecular formula is C18H18N4O5. The predicted octanol–water partition coefficient (Wildman–Crippen LogP) is 3.75. The van der Waals surface area contributed by atoms with Crippen LogP contribution in [0.1, 0.15) is 36.6 Å². The first-order chi connectivity index (χ1) is 12.9. The minimum Gasteiger partial charge on any atom is -0.411 e. The molecule has 0 bridgehead atoms. The highest BCUT2D eigenvalue weighted by Gasteiger charge is 2.34. The van der Waals surface area contributed by atoms with Crippen LogP contribution >= 0.6 is 0 Å². The third-order valence-corrected chi connectivity index (χ3v) is 4.92. The molecular weight excluding hydrogens is 352 g/mol. The van der Waals surface area contributed by atoms with Gasteiger partial charge in [-0.2, -0.15) is 0 Å². The normalized spacial score (nSPS) is 23.9. The van der Waals surface area contributed by atoms with Crippen molar-refractivity contribution in [2.45, 2.75) is 25.4 Å². The van der Waals surface area contributed by atoms with Crippen molar-refractivity contribution in [2.24, 2.45) is 11.1 Å². The number of nitrogens with one attached hydrogen (secondary N) is 1. The Morgan fingerprint density at radius 1 is 0.963 bits per heavy atom. The van der Waals surface area contributed by atoms with Gasteiger partial charge < -0.3 is 10.5 Å². The molecule has 1 saturated heterocycles. The molecule has 9 heteroatoms. The highest BCUT2D eigenvalue weighted by Crippen LogP contribution is 2.36. The molecule has 0 spiro atoms. The van der Waals surface area contributed by atoms with Crippen molar-refractivity contribution < 1.29 is 15.1 Å². The molecule has 1 aliphatic rings. The molecule has 2 N–H and O–H groups in total. The summed E-state index contributed by atoms with van der Waals surface area (Å²) in [5.41, 5.74) is 2.28. The molecule has 9 nitrogen and oxygen atoms in total. The van der Waals surface area contributed by atoms with Gasteiger partial charge in [0.15, 0.2) is 0 Å². The highest BCUT2D eigenvalue weighted by atomic mass is 16.6. The van der Waals surface area contributed by atoms with Crippen molar-refractivity contribution in [1.29, 1.82) is 0 Å². The molecule has 3 rings (SSSR count). The fourth-order valence-corrected chi connectivity index (χ4v) is 3.37. The van der Waals surface area contributed by atoms with E-state index in [1.165, 1.54) is 24.3 Å². The van der Waals surface area contributed by atoms with Crippen LogP contribution in [0.2, 0.25) is 0 Å². The van der Waals surface area contributed by atoms with E-state index in [0.717, 1.165) is 11.1 Å². The first-order valence-corrected chi connectivity index (χ1v) is 8.36. The van der Waals surface area contributed by atoms with Gasteiger partial charge in [-0.1, -0.05) is 36.3 Å². The Balaban J connectivity index is 1.89. The van der Waals surface area contributed by atoms with E-state index < -0.39 is 9.85 Å². The summed E-state index contributed by atoms with van der Waals surface area (Å²) in [5.74, 6) is -0.120. The van der Waals surface area contributed by atoms with E-state index in [9.17, 15) is 25.4 Å². The van der Waals surface area contributed by atoms with Gasteiger partial charge in [-0.25, -0.2) is 0 Å². The zero-order valence-corrected chi connectivity index (χ0v) is 14.5. The van der Waals surface area contributed by atoms with Crippen molar-refractivity contribution in [3.63, 3.8) is 0 Å². The summed E-state index contributed by atoms with van der Waals surface area (Å²) in [4.78, 5) is 20.8. The third kappa shape index (κ3) is 3.77. The fourth-order valence-electron chi connectivity index (χ4n) is 3.37. The lowest BCUT2D eigenvalue weighted by Crippen LogP contribution is -2.41. The van der Waals surface area contributed by atoms with Crippen LogP contribution in [0, 0.1) is 26.1 Å². The van der Waals surface area contributed by atoms with Crippen LogP contribution in [0.3, 0.4) is 0 Å². The van der Waals surface area contributed by atoms with E-state index >= 15 is 0 Å². The number of hydrogen-bond donors (Lipinski definition) is 2. The number of oxime groups is 1. The molecule has 0 radical (unpaired) electrons. The number of rotatable bonds is 4. The summed E-state index contributed by atoms with van der Waals surface area (Å²) in [5, 5.41) is 38.0. The average molecular weight is 370 g/mol. The van der Waals surface area contributed by atoms with Gasteiger partial charge in [0.05, 0.1) is 15.6 Å². The molecule has 0 aliphatic carbocycles. The number of nitro groups is 2. The van der Waals surface area contributed by atoms with Crippen LogP contribution in [0.5, 0.6) is 0 Å². The number of nitrogens with zero attached hydrogens (tertiary/aromatic N) is 3. The largest absolute Gasteiger partial charge is 0.411 e. The Morgan fingerprint density at radius 3 is 1.89 bits per heavy atom. The number of non-ortho nitro benzene ring substituents is 2. The van der Waals surface area contributed by atoms with E-state index in [-0.39, 0.29) is 29.4 Å². The Kier molecular flexibility index (Phi) is 5.13. The lowest BCUT2D eigenvalue weighted by Gasteiger charge is -2.37. The zero-order chi connectivity index (χ0) is 19.6. The topological polar surface area (TPSA) is 131 Å². The molecule has 0 aromatic heterocycles. The predicted molar refractivity (Wildman–Crippen MR) is 97.8 cm³/mol. The van der Waals surface area contributed by atoms with Crippen LogP contribution in [0.25, 0.3) is 0 Å². The van der Waals surface area contributed by atoms with Crippen LogP contribution in [0.4, 0.5) is 11.4 Å². The van der Waals surface area contributed by atoms with E-state index in [1.807, 2.05) is 6.92 Å². The van der Waals surface area contributed by atoms with Crippen LogP contribution in [-0.4, -0.2) is 20.8 Å². The van der Waals surface area contributed by atoms with Gasteiger partial charge >= 0.3 is 0 Å². The number of hydrogen-bond acceptors (Lipinski definition) is 7. The second kappa shape index (κ2) is 7.50. The summed E-state index contributed by atoms with van der Waals surface area (Å²) in [6, 6.07) is 12.0. The Hall–Kier alpha value is -3.33. The average Bonchev–Trinajstić information content (AvgIpc) is 2.68. The maximum absolute atomic E-state index is 10.9. The van der Waals surface area contributed by atoms with E-state index in [0.29, 0.717) is 12.1 Å². The molecule has 2 aromatic rings. The van der Waals surface area contributed by atoms with Crippen LogP contribution < -0.4 is 5.32 Å². The standard InChI is InChI=1S/C18H18N4O5/c1-11-16(20-23)10-17(12-2-6-14(7-3-12)21(24)25)19-18(11)13-4-8-15(9-5-13)22(26)27/h2-9,11,17-19,23H,10H2,1H3/b20-16+/t11-,17-,18+/m1/s1. The molecule has 0 saturated carbocycles. The van der Waals surface area contributed by atoms with Crippen molar-refractivity contribution in [2.75, 3.05) is 0 Å². The number of piperidine rings is 1. The Morgan fingerprint density at radius 2 is 1.44 bits per heavy atom. The van der Waals surface area contributed by atoms with Crippen LogP contribution in [-0.2, 0) is 0 Å². The highest BCUT2D eigenvalue weighted by molar-refractivity contribution is 5.88. The smallest absolute Gasteiger partial charge is 0.269 e. The maximum Gasteiger partial charge on any atom is 0.269 e. The molecule has 1 heterocycles.